The first-order valence-electron chi connectivity index (χ1n) is 5.00. The van der Waals surface area contributed by atoms with E-state index in [2.05, 4.69) is 10.1 Å². The fourth-order valence-corrected chi connectivity index (χ4v) is 1.03. The van der Waals surface area contributed by atoms with Gasteiger partial charge in [-0.3, -0.25) is 19.3 Å². The number of hydrogen-bond acceptors (Lipinski definition) is 6. The van der Waals surface area contributed by atoms with Crippen LogP contribution in [0.3, 0.4) is 0 Å². The molecule has 8 heteroatoms. The first-order chi connectivity index (χ1) is 7.99. The van der Waals surface area contributed by atoms with Gasteiger partial charge in [0.15, 0.2) is 0 Å². The van der Waals surface area contributed by atoms with Gasteiger partial charge < -0.3 is 20.9 Å². The first kappa shape index (κ1) is 15.3. The number of carboxylic acids is 1. The topological polar surface area (TPSA) is 122 Å². The van der Waals surface area contributed by atoms with Crippen molar-refractivity contribution < 1.29 is 24.2 Å². The zero-order chi connectivity index (χ0) is 13.3. The molecule has 4 N–H and O–H groups in total. The summed E-state index contributed by atoms with van der Waals surface area (Å²) in [5.74, 6) is -1.93. The largest absolute Gasteiger partial charge is 0.480 e. The molecule has 0 aromatic rings. The molecule has 0 bridgehead atoms. The summed E-state index contributed by atoms with van der Waals surface area (Å²) in [6.07, 6.45) is 0. The van der Waals surface area contributed by atoms with Gasteiger partial charge in [-0.25, -0.2) is 0 Å². The average molecular weight is 247 g/mol. The second kappa shape index (κ2) is 8.48. The highest BCUT2D eigenvalue weighted by Crippen LogP contribution is 1.89. The van der Waals surface area contributed by atoms with Gasteiger partial charge in [0.05, 0.1) is 19.6 Å². The lowest BCUT2D eigenvalue weighted by molar-refractivity contribution is -0.142. The Bertz CT molecular complexity index is 282. The van der Waals surface area contributed by atoms with Crippen molar-refractivity contribution in [3.63, 3.8) is 0 Å². The molecule has 0 aromatic heterocycles. The third kappa shape index (κ3) is 8.17. The number of aliphatic carboxylic acids is 1. The second-order valence-corrected chi connectivity index (χ2v) is 3.20. The first-order valence-corrected chi connectivity index (χ1v) is 5.00. The molecule has 0 heterocycles. The number of rotatable bonds is 8. The van der Waals surface area contributed by atoms with Crippen LogP contribution in [0.25, 0.3) is 0 Å². The van der Waals surface area contributed by atoms with Crippen LogP contribution >= 0.6 is 0 Å². The number of nitrogens with two attached hydrogens (primary N) is 1. The van der Waals surface area contributed by atoms with E-state index in [-0.39, 0.29) is 38.7 Å². The molecule has 0 aliphatic rings. The Morgan fingerprint density at radius 3 is 2.47 bits per heavy atom. The van der Waals surface area contributed by atoms with Gasteiger partial charge in [-0.15, -0.1) is 0 Å². The van der Waals surface area contributed by atoms with Crippen LogP contribution < -0.4 is 11.1 Å². The molecule has 0 radical (unpaired) electrons. The molecule has 1 amide bonds. The zero-order valence-corrected chi connectivity index (χ0v) is 9.64. The van der Waals surface area contributed by atoms with Gasteiger partial charge in [0.1, 0.15) is 6.61 Å². The molecule has 98 valence electrons. The highest BCUT2D eigenvalue weighted by Gasteiger charge is 2.13. The Labute approximate surface area is 98.7 Å². The van der Waals surface area contributed by atoms with Crippen molar-refractivity contribution >= 4 is 17.8 Å². The summed E-state index contributed by atoms with van der Waals surface area (Å²) in [5.41, 5.74) is 5.03. The fraction of sp³-hybridized carbons (Fsp3) is 0.667. The van der Waals surface area contributed by atoms with Crippen LogP contribution in [0, 0.1) is 0 Å². The number of nitrogens with one attached hydrogen (secondary N) is 1. The summed E-state index contributed by atoms with van der Waals surface area (Å²) in [5, 5.41) is 11.0. The van der Waals surface area contributed by atoms with Crippen LogP contribution in [0.1, 0.15) is 0 Å². The molecule has 0 spiro atoms. The highest BCUT2D eigenvalue weighted by atomic mass is 16.5. The molecular weight excluding hydrogens is 230 g/mol. The van der Waals surface area contributed by atoms with Gasteiger partial charge in [-0.1, -0.05) is 0 Å². The number of esters is 1. The van der Waals surface area contributed by atoms with Gasteiger partial charge >= 0.3 is 11.9 Å². The molecule has 0 atom stereocenters. The maximum atomic E-state index is 11.1. The average Bonchev–Trinajstić information content (AvgIpc) is 2.27. The van der Waals surface area contributed by atoms with Crippen LogP contribution in [0.15, 0.2) is 0 Å². The van der Waals surface area contributed by atoms with Gasteiger partial charge in [0, 0.05) is 13.6 Å². The zero-order valence-electron chi connectivity index (χ0n) is 9.64. The van der Waals surface area contributed by atoms with Crippen molar-refractivity contribution in [2.24, 2.45) is 5.73 Å². The van der Waals surface area contributed by atoms with E-state index in [9.17, 15) is 14.4 Å². The Kier molecular flexibility index (Phi) is 7.65. The number of hydrogen-bond donors (Lipinski definition) is 3. The quantitative estimate of drug-likeness (QED) is 0.409. The normalized spacial score (nSPS) is 10.1. The van der Waals surface area contributed by atoms with E-state index in [4.69, 9.17) is 10.8 Å². The summed E-state index contributed by atoms with van der Waals surface area (Å²) >= 11 is 0. The van der Waals surface area contributed by atoms with Crippen LogP contribution in [-0.4, -0.2) is 67.7 Å². The smallest absolute Gasteiger partial charge is 0.319 e. The third-order valence-electron chi connectivity index (χ3n) is 1.84. The molecule has 0 saturated carbocycles. The minimum atomic E-state index is -1.06. The summed E-state index contributed by atoms with van der Waals surface area (Å²) in [6, 6.07) is 0. The van der Waals surface area contributed by atoms with E-state index in [1.54, 1.807) is 0 Å². The van der Waals surface area contributed by atoms with E-state index in [1.807, 2.05) is 0 Å². The summed E-state index contributed by atoms with van der Waals surface area (Å²) in [6.45, 7) is -0.434. The fourth-order valence-electron chi connectivity index (χ4n) is 1.03. The van der Waals surface area contributed by atoms with Crippen molar-refractivity contribution in [1.29, 1.82) is 0 Å². The predicted octanol–water partition coefficient (Wildman–Crippen LogP) is -2.38. The number of carbonyl (C=O) groups excluding carboxylic acids is 2. The van der Waals surface area contributed by atoms with Gasteiger partial charge in [0.25, 0.3) is 0 Å². The number of ether oxygens (including phenoxy) is 1. The minimum Gasteiger partial charge on any atom is -0.480 e. The van der Waals surface area contributed by atoms with E-state index in [0.29, 0.717) is 0 Å². The van der Waals surface area contributed by atoms with Crippen LogP contribution in [0.4, 0.5) is 0 Å². The minimum absolute atomic E-state index is 0.000305. The van der Waals surface area contributed by atoms with Gasteiger partial charge in [0.2, 0.25) is 5.91 Å². The number of amides is 1. The number of carbonyl (C=O) groups is 3. The molecule has 0 rings (SSSR count). The maximum Gasteiger partial charge on any atom is 0.319 e. The Balaban J connectivity index is 4.05. The lowest BCUT2D eigenvalue weighted by Gasteiger charge is -2.18. The summed E-state index contributed by atoms with van der Waals surface area (Å²) < 4.78 is 4.69. The lowest BCUT2D eigenvalue weighted by Crippen LogP contribution is -2.40. The third-order valence-corrected chi connectivity index (χ3v) is 1.84. The van der Waals surface area contributed by atoms with E-state index >= 15 is 0 Å². The standard InChI is InChI=1S/C9H17N3O5/c1-11-7(13)5-12(6-8(14)15)2-3-17-9(16)4-10/h2-6,10H2,1H3,(H,11,13)(H,14,15). The van der Waals surface area contributed by atoms with E-state index < -0.39 is 11.9 Å². The molecule has 8 nitrogen and oxygen atoms in total. The lowest BCUT2D eigenvalue weighted by atomic mass is 10.4. The van der Waals surface area contributed by atoms with Crippen LogP contribution in [0.5, 0.6) is 0 Å². The monoisotopic (exact) mass is 247 g/mol. The molecule has 0 aromatic carbocycles. The number of likely N-dealkylation sites (N-methyl/N-ethyl adjacent to an activating group) is 1. The van der Waals surface area contributed by atoms with E-state index in [1.165, 1.54) is 11.9 Å². The van der Waals surface area contributed by atoms with Crippen molar-refractivity contribution in [2.45, 2.75) is 0 Å². The van der Waals surface area contributed by atoms with Crippen molar-refractivity contribution in [3.8, 4) is 0 Å². The predicted molar refractivity (Wildman–Crippen MR) is 58.2 cm³/mol. The van der Waals surface area contributed by atoms with Crippen LogP contribution in [0.2, 0.25) is 0 Å². The van der Waals surface area contributed by atoms with Crippen molar-refractivity contribution in [1.82, 2.24) is 10.2 Å². The molecule has 0 aliphatic carbocycles. The Morgan fingerprint density at radius 1 is 1.35 bits per heavy atom. The van der Waals surface area contributed by atoms with Crippen molar-refractivity contribution in [2.75, 3.05) is 39.8 Å². The number of nitrogens with zero attached hydrogens (tertiary/aromatic N) is 1. The highest BCUT2D eigenvalue weighted by molar-refractivity contribution is 5.78. The molecule has 17 heavy (non-hydrogen) atoms. The molecular formula is C9H17N3O5. The molecule has 0 aliphatic heterocycles. The SMILES string of the molecule is CNC(=O)CN(CCOC(=O)CN)CC(=O)O. The molecule has 0 unspecified atom stereocenters. The maximum absolute atomic E-state index is 11.1. The summed E-state index contributed by atoms with van der Waals surface area (Å²) in [7, 11) is 1.45. The molecule has 0 saturated heterocycles. The summed E-state index contributed by atoms with van der Waals surface area (Å²) in [4.78, 5) is 33.7. The second-order valence-electron chi connectivity index (χ2n) is 3.20. The van der Waals surface area contributed by atoms with E-state index in [0.717, 1.165) is 0 Å². The molecule has 0 fully saturated rings. The van der Waals surface area contributed by atoms with Crippen molar-refractivity contribution in [3.05, 3.63) is 0 Å². The van der Waals surface area contributed by atoms with Crippen LogP contribution in [-0.2, 0) is 19.1 Å². The Hall–Kier alpha value is -1.67. The van der Waals surface area contributed by atoms with Gasteiger partial charge in [-0.05, 0) is 0 Å². The Morgan fingerprint density at radius 2 is 2.00 bits per heavy atom. The number of carboxylic acid groups (broad SMARTS) is 1. The van der Waals surface area contributed by atoms with Gasteiger partial charge in [-0.2, -0.15) is 0 Å².